The van der Waals surface area contributed by atoms with Crippen molar-refractivity contribution in [3.8, 4) is 0 Å². The van der Waals surface area contributed by atoms with E-state index in [9.17, 15) is 22.8 Å². The van der Waals surface area contributed by atoms with Crippen molar-refractivity contribution in [2.75, 3.05) is 5.32 Å². The second-order valence-electron chi connectivity index (χ2n) is 4.91. The van der Waals surface area contributed by atoms with Crippen molar-refractivity contribution in [3.63, 3.8) is 0 Å². The average Bonchev–Trinajstić information content (AvgIpc) is 2.36. The number of carbonyl (C=O) groups excluding carboxylic acids is 2. The SMILES string of the molecule is CC(C)CC(C=O)OC(=O)Nc1ccc(C(F)(F)F)cc1. The molecule has 0 heterocycles. The molecule has 0 aromatic heterocycles. The smallest absolute Gasteiger partial charge is 0.416 e. The molecule has 1 aromatic rings. The molecule has 1 rings (SSSR count). The molecule has 1 N–H and O–H groups in total. The van der Waals surface area contributed by atoms with Crippen LogP contribution in [0.25, 0.3) is 0 Å². The van der Waals surface area contributed by atoms with Gasteiger partial charge in [-0.15, -0.1) is 0 Å². The summed E-state index contributed by atoms with van der Waals surface area (Å²) in [6, 6.07) is 3.92. The van der Waals surface area contributed by atoms with Gasteiger partial charge in [-0.25, -0.2) is 4.79 Å². The van der Waals surface area contributed by atoms with E-state index in [0.29, 0.717) is 12.7 Å². The quantitative estimate of drug-likeness (QED) is 0.840. The number of hydrogen-bond donors (Lipinski definition) is 1. The summed E-state index contributed by atoms with van der Waals surface area (Å²) in [7, 11) is 0. The van der Waals surface area contributed by atoms with Gasteiger partial charge in [0, 0.05) is 5.69 Å². The Morgan fingerprint density at radius 2 is 1.86 bits per heavy atom. The van der Waals surface area contributed by atoms with Gasteiger partial charge >= 0.3 is 12.3 Å². The largest absolute Gasteiger partial charge is 0.438 e. The molecule has 1 unspecified atom stereocenters. The van der Waals surface area contributed by atoms with Gasteiger partial charge in [0.05, 0.1) is 5.56 Å². The molecule has 0 saturated heterocycles. The number of carbonyl (C=O) groups is 2. The van der Waals surface area contributed by atoms with Crippen molar-refractivity contribution >= 4 is 18.1 Å². The zero-order valence-electron chi connectivity index (χ0n) is 11.6. The van der Waals surface area contributed by atoms with Crippen molar-refractivity contribution in [2.24, 2.45) is 5.92 Å². The van der Waals surface area contributed by atoms with E-state index in [4.69, 9.17) is 4.74 Å². The summed E-state index contributed by atoms with van der Waals surface area (Å²) in [4.78, 5) is 22.3. The van der Waals surface area contributed by atoms with Gasteiger partial charge in [-0.05, 0) is 36.6 Å². The molecule has 4 nitrogen and oxygen atoms in total. The van der Waals surface area contributed by atoms with Crippen LogP contribution in [-0.4, -0.2) is 18.5 Å². The van der Waals surface area contributed by atoms with Gasteiger partial charge in [-0.2, -0.15) is 13.2 Å². The van der Waals surface area contributed by atoms with Crippen LogP contribution in [-0.2, 0) is 15.7 Å². The molecule has 0 spiro atoms. The van der Waals surface area contributed by atoms with Crippen molar-refractivity contribution in [2.45, 2.75) is 32.5 Å². The predicted molar refractivity (Wildman–Crippen MR) is 70.9 cm³/mol. The number of aldehydes is 1. The molecular formula is C14H16F3NO3. The summed E-state index contributed by atoms with van der Waals surface area (Å²) in [6.07, 6.45) is -5.29. The maximum Gasteiger partial charge on any atom is 0.416 e. The van der Waals surface area contributed by atoms with Gasteiger partial charge in [0.2, 0.25) is 0 Å². The molecule has 1 atom stereocenters. The van der Waals surface area contributed by atoms with Crippen molar-refractivity contribution < 1.29 is 27.5 Å². The number of benzene rings is 1. The third-order valence-electron chi connectivity index (χ3n) is 2.57. The number of ether oxygens (including phenoxy) is 1. The Kier molecular flexibility index (Phi) is 5.75. The summed E-state index contributed by atoms with van der Waals surface area (Å²) in [5, 5.41) is 2.27. The Bertz CT molecular complexity index is 483. The van der Waals surface area contributed by atoms with Gasteiger partial charge in [0.15, 0.2) is 12.4 Å². The lowest BCUT2D eigenvalue weighted by molar-refractivity contribution is -0.137. The molecule has 7 heteroatoms. The Balaban J connectivity index is 2.60. The molecule has 21 heavy (non-hydrogen) atoms. The van der Waals surface area contributed by atoms with E-state index in [1.165, 1.54) is 0 Å². The number of anilines is 1. The first-order chi connectivity index (χ1) is 9.72. The van der Waals surface area contributed by atoms with Crippen molar-refractivity contribution in [1.29, 1.82) is 0 Å². The van der Waals surface area contributed by atoms with Crippen LogP contribution in [0.5, 0.6) is 0 Å². The van der Waals surface area contributed by atoms with Crippen molar-refractivity contribution in [3.05, 3.63) is 29.8 Å². The molecule has 0 aliphatic rings. The lowest BCUT2D eigenvalue weighted by Crippen LogP contribution is -2.25. The van der Waals surface area contributed by atoms with Crippen LogP contribution in [0.4, 0.5) is 23.7 Å². The third-order valence-corrected chi connectivity index (χ3v) is 2.57. The van der Waals surface area contributed by atoms with Gasteiger partial charge in [0.25, 0.3) is 0 Å². The third kappa shape index (κ3) is 5.85. The van der Waals surface area contributed by atoms with E-state index in [1.807, 2.05) is 13.8 Å². The number of rotatable bonds is 5. The standard InChI is InChI=1S/C14H16F3NO3/c1-9(2)7-12(8-19)21-13(20)18-11-5-3-10(4-6-11)14(15,16)17/h3-6,8-9,12H,7H2,1-2H3,(H,18,20). The summed E-state index contributed by atoms with van der Waals surface area (Å²) in [5.74, 6) is 0.166. The number of hydrogen-bond acceptors (Lipinski definition) is 3. The first-order valence-electron chi connectivity index (χ1n) is 6.32. The van der Waals surface area contributed by atoms with Crippen LogP contribution in [0.15, 0.2) is 24.3 Å². The fraction of sp³-hybridized carbons (Fsp3) is 0.429. The van der Waals surface area contributed by atoms with E-state index in [2.05, 4.69) is 5.32 Å². The highest BCUT2D eigenvalue weighted by molar-refractivity contribution is 5.85. The lowest BCUT2D eigenvalue weighted by atomic mass is 10.1. The molecule has 0 aliphatic heterocycles. The molecular weight excluding hydrogens is 287 g/mol. The minimum Gasteiger partial charge on any atom is -0.438 e. The van der Waals surface area contributed by atoms with Gasteiger partial charge in [-0.3, -0.25) is 10.1 Å². The molecule has 0 radical (unpaired) electrons. The van der Waals surface area contributed by atoms with E-state index in [1.54, 1.807) is 0 Å². The van der Waals surface area contributed by atoms with Crippen LogP contribution < -0.4 is 5.32 Å². The lowest BCUT2D eigenvalue weighted by Gasteiger charge is -2.15. The monoisotopic (exact) mass is 303 g/mol. The van der Waals surface area contributed by atoms with E-state index in [0.717, 1.165) is 24.3 Å². The van der Waals surface area contributed by atoms with Crippen LogP contribution >= 0.6 is 0 Å². The Morgan fingerprint density at radius 3 is 2.29 bits per heavy atom. The fourth-order valence-corrected chi connectivity index (χ4v) is 1.62. The number of amides is 1. The second-order valence-corrected chi connectivity index (χ2v) is 4.91. The van der Waals surface area contributed by atoms with Crippen LogP contribution in [0.3, 0.4) is 0 Å². The highest BCUT2D eigenvalue weighted by Crippen LogP contribution is 2.29. The molecule has 0 bridgehead atoms. The number of alkyl halides is 3. The fourth-order valence-electron chi connectivity index (χ4n) is 1.62. The minimum absolute atomic E-state index is 0.155. The summed E-state index contributed by atoms with van der Waals surface area (Å²) < 4.78 is 42.0. The minimum atomic E-state index is -4.43. The summed E-state index contributed by atoms with van der Waals surface area (Å²) in [5.41, 5.74) is -0.658. The average molecular weight is 303 g/mol. The zero-order chi connectivity index (χ0) is 16.0. The van der Waals surface area contributed by atoms with E-state index < -0.39 is 23.9 Å². The van der Waals surface area contributed by atoms with Crippen LogP contribution in [0.1, 0.15) is 25.8 Å². The highest BCUT2D eigenvalue weighted by Gasteiger charge is 2.30. The van der Waals surface area contributed by atoms with Crippen LogP contribution in [0, 0.1) is 5.92 Å². The number of nitrogens with one attached hydrogen (secondary N) is 1. The summed E-state index contributed by atoms with van der Waals surface area (Å²) in [6.45, 7) is 3.74. The molecule has 0 saturated carbocycles. The second kappa shape index (κ2) is 7.10. The number of halogens is 3. The zero-order valence-corrected chi connectivity index (χ0v) is 11.6. The molecule has 116 valence electrons. The topological polar surface area (TPSA) is 55.4 Å². The normalized spacial score (nSPS) is 12.9. The molecule has 1 aromatic carbocycles. The van der Waals surface area contributed by atoms with E-state index in [-0.39, 0.29) is 11.6 Å². The summed E-state index contributed by atoms with van der Waals surface area (Å²) >= 11 is 0. The maximum absolute atomic E-state index is 12.4. The van der Waals surface area contributed by atoms with Gasteiger partial charge in [0.1, 0.15) is 0 Å². The molecule has 1 amide bonds. The molecule has 0 fully saturated rings. The predicted octanol–water partition coefficient (Wildman–Crippen LogP) is 3.87. The Morgan fingerprint density at radius 1 is 1.29 bits per heavy atom. The Hall–Kier alpha value is -2.05. The first kappa shape index (κ1) is 17.0. The van der Waals surface area contributed by atoms with Crippen LogP contribution in [0.2, 0.25) is 0 Å². The molecule has 0 aliphatic carbocycles. The Labute approximate surface area is 120 Å². The van der Waals surface area contributed by atoms with Crippen molar-refractivity contribution in [1.82, 2.24) is 0 Å². The van der Waals surface area contributed by atoms with Gasteiger partial charge < -0.3 is 4.74 Å². The van der Waals surface area contributed by atoms with E-state index >= 15 is 0 Å². The highest BCUT2D eigenvalue weighted by atomic mass is 19.4. The van der Waals surface area contributed by atoms with Gasteiger partial charge in [-0.1, -0.05) is 13.8 Å². The maximum atomic E-state index is 12.4. The first-order valence-corrected chi connectivity index (χ1v) is 6.32.